The fourth-order valence-electron chi connectivity index (χ4n) is 4.00. The lowest BCUT2D eigenvalue weighted by molar-refractivity contribution is -0.139. The molecule has 2 aromatic rings. The minimum Gasteiger partial charge on any atom is -0.337 e. The smallest absolute Gasteiger partial charge is 0.241 e. The number of hydrogen-bond donors (Lipinski definition) is 1. The van der Waals surface area contributed by atoms with Gasteiger partial charge in [-0.15, -0.1) is 11.3 Å². The van der Waals surface area contributed by atoms with Crippen LogP contribution in [-0.4, -0.2) is 48.8 Å². The number of likely N-dealkylation sites (tertiary alicyclic amines) is 1. The Morgan fingerprint density at radius 1 is 1.24 bits per heavy atom. The van der Waals surface area contributed by atoms with E-state index in [0.717, 1.165) is 35.5 Å². The maximum absolute atomic E-state index is 12.9. The van der Waals surface area contributed by atoms with Crippen molar-refractivity contribution in [3.05, 3.63) is 41.4 Å². The van der Waals surface area contributed by atoms with Crippen LogP contribution in [0.4, 0.5) is 4.39 Å². The van der Waals surface area contributed by atoms with Gasteiger partial charge in [0.15, 0.2) is 0 Å². The van der Waals surface area contributed by atoms with Crippen molar-refractivity contribution in [3.63, 3.8) is 0 Å². The van der Waals surface area contributed by atoms with Gasteiger partial charge in [-0.1, -0.05) is 36.8 Å². The lowest BCUT2D eigenvalue weighted by atomic mass is 9.84. The number of nitrogens with one attached hydrogen (secondary N) is 1. The van der Waals surface area contributed by atoms with Gasteiger partial charge in [0.2, 0.25) is 21.9 Å². The summed E-state index contributed by atoms with van der Waals surface area (Å²) in [5.74, 6) is 0.117. The van der Waals surface area contributed by atoms with Crippen molar-refractivity contribution >= 4 is 27.3 Å². The molecule has 0 unspecified atom stereocenters. The van der Waals surface area contributed by atoms with Gasteiger partial charge < -0.3 is 4.90 Å². The van der Waals surface area contributed by atoms with Crippen LogP contribution in [0.2, 0.25) is 0 Å². The number of hydrogen-bond acceptors (Lipinski definition) is 5. The van der Waals surface area contributed by atoms with Gasteiger partial charge >= 0.3 is 0 Å². The Bertz CT molecular complexity index is 960. The molecule has 4 rings (SSSR count). The van der Waals surface area contributed by atoms with E-state index in [1.54, 1.807) is 4.90 Å². The van der Waals surface area contributed by atoms with Gasteiger partial charge in [0.05, 0.1) is 11.7 Å². The van der Waals surface area contributed by atoms with Crippen LogP contribution in [-0.2, 0) is 21.2 Å². The standard InChI is InChI=1S/C20H24FN3O3S2/c21-13-29(26,27)23-17-9-10-24(20(25)15-7-4-8-15)18(17)11-16-12-28-19(22-16)14-5-2-1-3-6-14/h1-3,5-6,12,15,17-18,23H,4,7-11,13H2/t17-,18-/m0/s1. The van der Waals surface area contributed by atoms with E-state index in [0.29, 0.717) is 19.4 Å². The molecule has 0 bridgehead atoms. The summed E-state index contributed by atoms with van der Waals surface area (Å²) in [5, 5.41) is 2.84. The number of thiazole rings is 1. The Balaban J connectivity index is 1.55. The van der Waals surface area contributed by atoms with E-state index in [-0.39, 0.29) is 17.9 Å². The van der Waals surface area contributed by atoms with Crippen molar-refractivity contribution in [1.29, 1.82) is 0 Å². The molecule has 1 aliphatic carbocycles. The number of rotatable bonds is 7. The number of alkyl halides is 1. The number of amides is 1. The number of carbonyl (C=O) groups is 1. The molecule has 2 aliphatic rings. The molecule has 0 spiro atoms. The number of carbonyl (C=O) groups excluding carboxylic acids is 1. The predicted octanol–water partition coefficient (Wildman–Crippen LogP) is 2.97. The van der Waals surface area contributed by atoms with Gasteiger partial charge in [-0.05, 0) is 19.3 Å². The zero-order chi connectivity index (χ0) is 20.4. The van der Waals surface area contributed by atoms with Crippen molar-refractivity contribution in [3.8, 4) is 10.6 Å². The second kappa shape index (κ2) is 8.49. The molecular formula is C20H24FN3O3S2. The molecule has 1 saturated heterocycles. The summed E-state index contributed by atoms with van der Waals surface area (Å²) in [5.41, 5.74) is 1.84. The zero-order valence-corrected chi connectivity index (χ0v) is 17.6. The second-order valence-electron chi connectivity index (χ2n) is 7.68. The largest absolute Gasteiger partial charge is 0.337 e. The molecule has 1 aromatic heterocycles. The highest BCUT2D eigenvalue weighted by molar-refractivity contribution is 7.89. The molecule has 156 valence electrons. The summed E-state index contributed by atoms with van der Waals surface area (Å²) >= 11 is 1.52. The van der Waals surface area contributed by atoms with E-state index in [9.17, 15) is 17.6 Å². The molecule has 1 amide bonds. The average molecular weight is 438 g/mol. The lowest BCUT2D eigenvalue weighted by Crippen LogP contribution is -2.50. The highest BCUT2D eigenvalue weighted by Gasteiger charge is 2.42. The minimum absolute atomic E-state index is 0.0318. The Labute approximate surface area is 174 Å². The summed E-state index contributed by atoms with van der Waals surface area (Å²) in [7, 11) is -4.00. The van der Waals surface area contributed by atoms with Crippen LogP contribution >= 0.6 is 11.3 Å². The molecular weight excluding hydrogens is 413 g/mol. The fourth-order valence-corrected chi connectivity index (χ4v) is 5.64. The monoisotopic (exact) mass is 437 g/mol. The average Bonchev–Trinajstić information content (AvgIpc) is 3.29. The molecule has 1 aromatic carbocycles. The van der Waals surface area contributed by atoms with Gasteiger partial charge in [0.1, 0.15) is 5.01 Å². The predicted molar refractivity (Wildman–Crippen MR) is 111 cm³/mol. The summed E-state index contributed by atoms with van der Waals surface area (Å²) in [6, 6.07) is 7.52. The van der Waals surface area contributed by atoms with E-state index >= 15 is 0 Å². The second-order valence-corrected chi connectivity index (χ2v) is 10.2. The van der Waals surface area contributed by atoms with Gasteiger partial charge in [-0.25, -0.2) is 22.5 Å². The van der Waals surface area contributed by atoms with E-state index in [1.165, 1.54) is 11.3 Å². The molecule has 9 heteroatoms. The number of sulfonamides is 1. The summed E-state index contributed by atoms with van der Waals surface area (Å²) in [6.07, 6.45) is 3.76. The number of nitrogens with zero attached hydrogens (tertiary/aromatic N) is 2. The molecule has 2 atom stereocenters. The van der Waals surface area contributed by atoms with Crippen LogP contribution in [0.1, 0.15) is 31.4 Å². The van der Waals surface area contributed by atoms with Gasteiger partial charge in [-0.3, -0.25) is 4.79 Å². The van der Waals surface area contributed by atoms with Crippen molar-refractivity contribution in [2.45, 2.75) is 44.2 Å². The van der Waals surface area contributed by atoms with Crippen LogP contribution in [0, 0.1) is 5.92 Å². The first-order valence-corrected chi connectivity index (χ1v) is 12.4. The summed E-state index contributed by atoms with van der Waals surface area (Å²) in [6.45, 7) is 0.481. The minimum atomic E-state index is -4.00. The Morgan fingerprint density at radius 2 is 2.00 bits per heavy atom. The number of halogens is 1. The maximum atomic E-state index is 12.9. The number of benzene rings is 1. The van der Waals surface area contributed by atoms with E-state index in [2.05, 4.69) is 4.72 Å². The molecule has 1 saturated carbocycles. The van der Waals surface area contributed by atoms with Crippen molar-refractivity contribution in [1.82, 2.24) is 14.6 Å². The molecule has 29 heavy (non-hydrogen) atoms. The van der Waals surface area contributed by atoms with Crippen LogP contribution in [0.5, 0.6) is 0 Å². The molecule has 2 fully saturated rings. The summed E-state index contributed by atoms with van der Waals surface area (Å²) < 4.78 is 39.0. The van der Waals surface area contributed by atoms with E-state index in [4.69, 9.17) is 4.98 Å². The van der Waals surface area contributed by atoms with Crippen LogP contribution < -0.4 is 4.72 Å². The highest BCUT2D eigenvalue weighted by atomic mass is 32.2. The lowest BCUT2D eigenvalue weighted by Gasteiger charge is -2.34. The SMILES string of the molecule is O=C(C1CCC1)N1CC[C@H](NS(=O)(=O)CF)[C@@H]1Cc1csc(-c2ccccc2)n1. The van der Waals surface area contributed by atoms with Crippen LogP contribution in [0.3, 0.4) is 0 Å². The Morgan fingerprint density at radius 3 is 2.66 bits per heavy atom. The van der Waals surface area contributed by atoms with E-state index in [1.807, 2.05) is 35.7 Å². The van der Waals surface area contributed by atoms with Gasteiger partial charge in [0.25, 0.3) is 0 Å². The van der Waals surface area contributed by atoms with Gasteiger partial charge in [-0.2, -0.15) is 0 Å². The highest BCUT2D eigenvalue weighted by Crippen LogP contribution is 2.33. The van der Waals surface area contributed by atoms with Crippen molar-refractivity contribution < 1.29 is 17.6 Å². The number of aromatic nitrogens is 1. The molecule has 0 radical (unpaired) electrons. The van der Waals surface area contributed by atoms with Crippen LogP contribution in [0.25, 0.3) is 10.6 Å². The van der Waals surface area contributed by atoms with E-state index < -0.39 is 22.1 Å². The fraction of sp³-hybridized carbons (Fsp3) is 0.500. The first kappa shape index (κ1) is 20.4. The Kier molecular flexibility index (Phi) is 5.98. The first-order chi connectivity index (χ1) is 14.0. The third-order valence-corrected chi connectivity index (χ3v) is 7.64. The van der Waals surface area contributed by atoms with Crippen molar-refractivity contribution in [2.75, 3.05) is 12.6 Å². The Hall–Kier alpha value is -1.84. The summed E-state index contributed by atoms with van der Waals surface area (Å²) in [4.78, 5) is 19.4. The van der Waals surface area contributed by atoms with Crippen molar-refractivity contribution in [2.24, 2.45) is 5.92 Å². The van der Waals surface area contributed by atoms with Crippen LogP contribution in [0.15, 0.2) is 35.7 Å². The molecule has 6 nitrogen and oxygen atoms in total. The maximum Gasteiger partial charge on any atom is 0.241 e. The zero-order valence-electron chi connectivity index (χ0n) is 16.0. The molecule has 1 aliphatic heterocycles. The molecule has 1 N–H and O–H groups in total. The quantitative estimate of drug-likeness (QED) is 0.722. The normalized spacial score (nSPS) is 22.6. The third-order valence-electron chi connectivity index (χ3n) is 5.75. The first-order valence-electron chi connectivity index (χ1n) is 9.83. The molecule has 2 heterocycles. The van der Waals surface area contributed by atoms with Gasteiger partial charge in [0, 0.05) is 35.9 Å². The third kappa shape index (κ3) is 4.51. The topological polar surface area (TPSA) is 79.4 Å².